The lowest BCUT2D eigenvalue weighted by molar-refractivity contribution is 0.339. The number of rotatable bonds is 7. The standard InChI is InChI=1S/C15H24BrNO/c1-5-11(4)15(17-6-2)13-9-8-12(18-7-3)10-14(13)16/h8-11,15,17H,5-7H2,1-4H3. The summed E-state index contributed by atoms with van der Waals surface area (Å²) in [4.78, 5) is 0. The van der Waals surface area contributed by atoms with E-state index in [0.29, 0.717) is 18.6 Å². The average Bonchev–Trinajstić information content (AvgIpc) is 2.36. The van der Waals surface area contributed by atoms with Crippen LogP contribution in [0.1, 0.15) is 45.7 Å². The van der Waals surface area contributed by atoms with Crippen LogP contribution in [0, 0.1) is 5.92 Å². The number of halogens is 1. The summed E-state index contributed by atoms with van der Waals surface area (Å²) in [5, 5.41) is 3.57. The predicted molar refractivity (Wildman–Crippen MR) is 81.2 cm³/mol. The van der Waals surface area contributed by atoms with Crippen LogP contribution in [0.5, 0.6) is 5.75 Å². The van der Waals surface area contributed by atoms with E-state index in [1.807, 2.05) is 6.92 Å². The molecule has 0 amide bonds. The van der Waals surface area contributed by atoms with E-state index in [1.54, 1.807) is 0 Å². The second-order valence-electron chi connectivity index (χ2n) is 4.54. The number of hydrogen-bond donors (Lipinski definition) is 1. The molecular formula is C15H24BrNO. The summed E-state index contributed by atoms with van der Waals surface area (Å²) < 4.78 is 6.64. The first-order chi connectivity index (χ1) is 8.63. The van der Waals surface area contributed by atoms with E-state index in [4.69, 9.17) is 4.74 Å². The Bertz CT molecular complexity index is 368. The fourth-order valence-electron chi connectivity index (χ4n) is 2.09. The summed E-state index contributed by atoms with van der Waals surface area (Å²) in [7, 11) is 0. The second kappa shape index (κ2) is 7.80. The molecule has 2 unspecified atom stereocenters. The molecule has 0 aliphatic heterocycles. The first-order valence-corrected chi connectivity index (χ1v) is 7.58. The molecule has 18 heavy (non-hydrogen) atoms. The van der Waals surface area contributed by atoms with E-state index < -0.39 is 0 Å². The van der Waals surface area contributed by atoms with E-state index in [1.165, 1.54) is 5.56 Å². The molecular weight excluding hydrogens is 290 g/mol. The van der Waals surface area contributed by atoms with Crippen LogP contribution in [0.15, 0.2) is 22.7 Å². The number of ether oxygens (including phenoxy) is 1. The Balaban J connectivity index is 2.97. The fourth-order valence-corrected chi connectivity index (χ4v) is 2.69. The molecule has 0 saturated carbocycles. The molecule has 0 aliphatic rings. The highest BCUT2D eigenvalue weighted by Gasteiger charge is 2.19. The smallest absolute Gasteiger partial charge is 0.120 e. The molecule has 2 nitrogen and oxygen atoms in total. The van der Waals surface area contributed by atoms with Crippen LogP contribution < -0.4 is 10.1 Å². The first-order valence-electron chi connectivity index (χ1n) is 6.79. The summed E-state index contributed by atoms with van der Waals surface area (Å²) in [6, 6.07) is 6.67. The maximum atomic E-state index is 5.52. The Morgan fingerprint density at radius 1 is 1.28 bits per heavy atom. The average molecular weight is 314 g/mol. The minimum absolute atomic E-state index is 0.394. The Kier molecular flexibility index (Phi) is 6.72. The maximum absolute atomic E-state index is 5.52. The first kappa shape index (κ1) is 15.5. The molecule has 0 aliphatic carbocycles. The zero-order chi connectivity index (χ0) is 13.5. The molecule has 3 heteroatoms. The largest absolute Gasteiger partial charge is 0.494 e. The van der Waals surface area contributed by atoms with Crippen molar-refractivity contribution in [1.29, 1.82) is 0 Å². The van der Waals surface area contributed by atoms with Crippen molar-refractivity contribution < 1.29 is 4.74 Å². The van der Waals surface area contributed by atoms with E-state index >= 15 is 0 Å². The van der Waals surface area contributed by atoms with Crippen molar-refractivity contribution in [3.63, 3.8) is 0 Å². The molecule has 0 spiro atoms. The normalized spacial score (nSPS) is 14.3. The third-order valence-corrected chi connectivity index (χ3v) is 3.94. The van der Waals surface area contributed by atoms with Crippen LogP contribution in [0.3, 0.4) is 0 Å². The summed E-state index contributed by atoms with van der Waals surface area (Å²) in [5.74, 6) is 1.53. The van der Waals surface area contributed by atoms with Crippen molar-refractivity contribution in [2.45, 2.75) is 40.2 Å². The zero-order valence-electron chi connectivity index (χ0n) is 11.8. The van der Waals surface area contributed by atoms with E-state index in [9.17, 15) is 0 Å². The predicted octanol–water partition coefficient (Wildman–Crippen LogP) is 4.54. The molecule has 1 rings (SSSR count). The van der Waals surface area contributed by atoms with Gasteiger partial charge in [0.15, 0.2) is 0 Å². The molecule has 0 bridgehead atoms. The Labute approximate surface area is 119 Å². The summed E-state index contributed by atoms with van der Waals surface area (Å²) in [6.45, 7) is 10.4. The molecule has 0 saturated heterocycles. The highest BCUT2D eigenvalue weighted by atomic mass is 79.9. The summed E-state index contributed by atoms with van der Waals surface area (Å²) in [6.07, 6.45) is 1.16. The number of hydrogen-bond acceptors (Lipinski definition) is 2. The lowest BCUT2D eigenvalue weighted by Gasteiger charge is -2.25. The molecule has 0 fully saturated rings. The minimum Gasteiger partial charge on any atom is -0.494 e. The van der Waals surface area contributed by atoms with Gasteiger partial charge in [-0.3, -0.25) is 0 Å². The highest BCUT2D eigenvalue weighted by molar-refractivity contribution is 9.10. The highest BCUT2D eigenvalue weighted by Crippen LogP contribution is 2.32. The van der Waals surface area contributed by atoms with Gasteiger partial charge < -0.3 is 10.1 Å². The molecule has 102 valence electrons. The van der Waals surface area contributed by atoms with Gasteiger partial charge in [0, 0.05) is 10.5 Å². The molecule has 0 aromatic heterocycles. The summed E-state index contributed by atoms with van der Waals surface area (Å²) >= 11 is 3.67. The van der Waals surface area contributed by atoms with Crippen molar-refractivity contribution in [2.75, 3.05) is 13.2 Å². The van der Waals surface area contributed by atoms with Crippen LogP contribution in [0.4, 0.5) is 0 Å². The molecule has 1 aromatic rings. The molecule has 0 heterocycles. The molecule has 1 N–H and O–H groups in total. The third-order valence-electron chi connectivity index (χ3n) is 3.26. The van der Waals surface area contributed by atoms with Crippen molar-refractivity contribution in [2.24, 2.45) is 5.92 Å². The van der Waals surface area contributed by atoms with Crippen molar-refractivity contribution in [3.8, 4) is 5.75 Å². The van der Waals surface area contributed by atoms with Gasteiger partial charge in [-0.15, -0.1) is 0 Å². The van der Waals surface area contributed by atoms with Crippen LogP contribution in [-0.2, 0) is 0 Å². The Morgan fingerprint density at radius 2 is 2.00 bits per heavy atom. The Morgan fingerprint density at radius 3 is 2.50 bits per heavy atom. The van der Waals surface area contributed by atoms with Gasteiger partial charge in [-0.25, -0.2) is 0 Å². The topological polar surface area (TPSA) is 21.3 Å². The van der Waals surface area contributed by atoms with E-state index in [0.717, 1.165) is 23.2 Å². The zero-order valence-corrected chi connectivity index (χ0v) is 13.4. The van der Waals surface area contributed by atoms with E-state index in [2.05, 4.69) is 60.2 Å². The minimum atomic E-state index is 0.394. The molecule has 1 aromatic carbocycles. The lowest BCUT2D eigenvalue weighted by atomic mass is 9.92. The van der Waals surface area contributed by atoms with Gasteiger partial charge in [0.25, 0.3) is 0 Å². The maximum Gasteiger partial charge on any atom is 0.120 e. The van der Waals surface area contributed by atoms with Gasteiger partial charge >= 0.3 is 0 Å². The van der Waals surface area contributed by atoms with Crippen LogP contribution in [0.25, 0.3) is 0 Å². The Hall–Kier alpha value is -0.540. The van der Waals surface area contributed by atoms with Gasteiger partial charge in [0.1, 0.15) is 5.75 Å². The quantitative estimate of drug-likeness (QED) is 0.797. The summed E-state index contributed by atoms with van der Waals surface area (Å²) in [5.41, 5.74) is 1.31. The number of benzene rings is 1. The van der Waals surface area contributed by atoms with Gasteiger partial charge in [0.2, 0.25) is 0 Å². The second-order valence-corrected chi connectivity index (χ2v) is 5.39. The van der Waals surface area contributed by atoms with Gasteiger partial charge in [-0.05, 0) is 37.1 Å². The van der Waals surface area contributed by atoms with Crippen molar-refractivity contribution in [3.05, 3.63) is 28.2 Å². The molecule has 0 radical (unpaired) electrons. The van der Waals surface area contributed by atoms with Crippen molar-refractivity contribution in [1.82, 2.24) is 5.32 Å². The van der Waals surface area contributed by atoms with Crippen LogP contribution >= 0.6 is 15.9 Å². The van der Waals surface area contributed by atoms with Crippen LogP contribution in [0.2, 0.25) is 0 Å². The fraction of sp³-hybridized carbons (Fsp3) is 0.600. The van der Waals surface area contributed by atoms with Gasteiger partial charge in [-0.1, -0.05) is 49.2 Å². The van der Waals surface area contributed by atoms with Crippen molar-refractivity contribution >= 4 is 15.9 Å². The van der Waals surface area contributed by atoms with Gasteiger partial charge in [-0.2, -0.15) is 0 Å². The molecule has 2 atom stereocenters. The SMILES string of the molecule is CCNC(c1ccc(OCC)cc1Br)C(C)CC. The lowest BCUT2D eigenvalue weighted by Crippen LogP contribution is -2.26. The van der Waals surface area contributed by atoms with Gasteiger partial charge in [0.05, 0.1) is 6.61 Å². The van der Waals surface area contributed by atoms with Crippen LogP contribution in [-0.4, -0.2) is 13.2 Å². The number of nitrogens with one attached hydrogen (secondary N) is 1. The van der Waals surface area contributed by atoms with E-state index in [-0.39, 0.29) is 0 Å². The monoisotopic (exact) mass is 313 g/mol. The third kappa shape index (κ3) is 3.99.